The van der Waals surface area contributed by atoms with E-state index in [4.69, 9.17) is 27.8 Å². The Morgan fingerprint density at radius 3 is 1.76 bits per heavy atom. The van der Waals surface area contributed by atoms with Gasteiger partial charge >= 0.3 is 11.9 Å². The van der Waals surface area contributed by atoms with Crippen molar-refractivity contribution < 1.29 is 37.4 Å². The van der Waals surface area contributed by atoms with Crippen LogP contribution in [0.25, 0.3) is 0 Å². The maximum Gasteiger partial charge on any atom is 0.375 e. The first-order chi connectivity index (χ1) is 24.8. The van der Waals surface area contributed by atoms with Crippen LogP contribution in [0, 0.1) is 28.6 Å². The zero-order valence-electron chi connectivity index (χ0n) is 38.2. The maximum atomic E-state index is 14.2. The molecule has 4 aliphatic carbocycles. The highest BCUT2D eigenvalue weighted by molar-refractivity contribution is 6.74. The van der Waals surface area contributed by atoms with E-state index >= 15 is 0 Å². The summed E-state index contributed by atoms with van der Waals surface area (Å²) < 4.78 is 39.3. The topological polar surface area (TPSA) is 89.5 Å². The molecule has 0 aromatic heterocycles. The fraction of sp³-hybridized carbons (Fsp3) is 0.822. The second kappa shape index (κ2) is 15.5. The molecule has 1 fully saturated rings. The number of carbonyl (C=O) groups excluding carboxylic acids is 2. The van der Waals surface area contributed by atoms with E-state index in [0.717, 1.165) is 32.1 Å². The smallest absolute Gasteiger partial charge is 0.375 e. The minimum Gasteiger partial charge on any atom is -0.458 e. The molecule has 10 heteroatoms. The Morgan fingerprint density at radius 2 is 1.27 bits per heavy atom. The van der Waals surface area contributed by atoms with Crippen LogP contribution in [0.3, 0.4) is 0 Å². The van der Waals surface area contributed by atoms with Gasteiger partial charge in [-0.15, -0.1) is 0 Å². The predicted molar refractivity (Wildman–Crippen MR) is 226 cm³/mol. The van der Waals surface area contributed by atoms with Crippen LogP contribution in [0.5, 0.6) is 0 Å². The summed E-state index contributed by atoms with van der Waals surface area (Å²) in [5, 5.41) is -0.354. The maximum absolute atomic E-state index is 14.2. The molecule has 3 unspecified atom stereocenters. The number of allylic oxidation sites excluding steroid dienone is 4. The van der Waals surface area contributed by atoms with Gasteiger partial charge < -0.3 is 27.8 Å². The first-order valence-electron chi connectivity index (χ1n) is 21.0. The largest absolute Gasteiger partial charge is 0.458 e. The SMILES string of the molecule is CCC1=CC[C@H]2[C@@H]3CC=C4CC(OC(O[Si](C)(C)C(C)(C)C)C(=O)OC(C)(C)C)C=C(OC(O[Si](C)(C)C(C)(C)C)C(=O)OC(C)(C)C)[C@]4(C)[C@H]3CC[C@]12C. The standard InChI is InChI=1S/C45H78O8Si2/c1-20-29-22-24-33-32-23-21-30-27-31(48-38(36(46)50-40(2,3)4)52-54(16,17)42(8,9)10)28-35(45(30,15)34(32)25-26-44(29,33)14)49-39(37(47)51-41(5,6)7)53-55(18,19)43(11,12)13/h21-22,28,31-34,38-39H,20,23-27H2,1-19H3/t31?,32-,33-,34-,38?,39?,44+,45-/m0/s1. The molecule has 55 heavy (non-hydrogen) atoms. The third-order valence-electron chi connectivity index (χ3n) is 14.0. The van der Waals surface area contributed by atoms with E-state index in [1.54, 1.807) is 5.57 Å². The lowest BCUT2D eigenvalue weighted by molar-refractivity contribution is -0.197. The summed E-state index contributed by atoms with van der Waals surface area (Å²) in [6.45, 7) is 39.6. The first kappa shape index (κ1) is 46.0. The molecule has 0 aromatic rings. The zero-order chi connectivity index (χ0) is 42.0. The minimum absolute atomic E-state index is 0.170. The normalized spacial score (nSPS) is 30.1. The van der Waals surface area contributed by atoms with Crippen molar-refractivity contribution in [2.75, 3.05) is 0 Å². The number of rotatable bonds is 11. The molecular formula is C45H78O8Si2. The van der Waals surface area contributed by atoms with Gasteiger partial charge in [0.05, 0.1) is 6.10 Å². The minimum atomic E-state index is -2.54. The van der Waals surface area contributed by atoms with Crippen molar-refractivity contribution in [1.82, 2.24) is 0 Å². The monoisotopic (exact) mass is 803 g/mol. The summed E-state index contributed by atoms with van der Waals surface area (Å²) in [5.41, 5.74) is 1.03. The third kappa shape index (κ3) is 9.77. The van der Waals surface area contributed by atoms with E-state index in [9.17, 15) is 9.59 Å². The number of esters is 2. The Morgan fingerprint density at radius 1 is 0.764 bits per heavy atom. The number of fused-ring (bicyclic) bond motifs is 5. The average Bonchev–Trinajstić information content (AvgIpc) is 3.34. The summed E-state index contributed by atoms with van der Waals surface area (Å²) in [6.07, 6.45) is 9.76. The summed E-state index contributed by atoms with van der Waals surface area (Å²) in [4.78, 5) is 28.1. The molecule has 314 valence electrons. The molecule has 0 heterocycles. The van der Waals surface area contributed by atoms with Crippen LogP contribution in [0.4, 0.5) is 0 Å². The Hall–Kier alpha value is -1.73. The molecule has 0 saturated heterocycles. The van der Waals surface area contributed by atoms with Gasteiger partial charge in [-0.2, -0.15) is 0 Å². The lowest BCUT2D eigenvalue weighted by Crippen LogP contribution is -2.53. The second-order valence-corrected chi connectivity index (χ2v) is 31.8. The van der Waals surface area contributed by atoms with Crippen LogP contribution < -0.4 is 0 Å². The molecular weight excluding hydrogens is 725 g/mol. The van der Waals surface area contributed by atoms with Crippen molar-refractivity contribution in [2.24, 2.45) is 28.6 Å². The van der Waals surface area contributed by atoms with Crippen molar-refractivity contribution in [3.05, 3.63) is 35.1 Å². The van der Waals surface area contributed by atoms with Crippen molar-refractivity contribution >= 4 is 28.6 Å². The quantitative estimate of drug-likeness (QED) is 0.0883. The molecule has 8 atom stereocenters. The molecule has 4 rings (SSSR count). The van der Waals surface area contributed by atoms with E-state index in [2.05, 4.69) is 101 Å². The van der Waals surface area contributed by atoms with Gasteiger partial charge in [-0.25, -0.2) is 9.59 Å². The summed E-state index contributed by atoms with van der Waals surface area (Å²) in [6, 6.07) is 0. The van der Waals surface area contributed by atoms with E-state index in [1.807, 2.05) is 47.6 Å². The van der Waals surface area contributed by atoms with Crippen molar-refractivity contribution in [3.8, 4) is 0 Å². The van der Waals surface area contributed by atoms with E-state index < -0.39 is 63.9 Å². The molecule has 0 aromatic carbocycles. The number of ether oxygens (including phenoxy) is 4. The number of hydrogen-bond donors (Lipinski definition) is 0. The Kier molecular flexibility index (Phi) is 12.9. The second-order valence-electron chi connectivity index (χ2n) is 22.3. The lowest BCUT2D eigenvalue weighted by atomic mass is 9.48. The number of hydrogen-bond acceptors (Lipinski definition) is 8. The summed E-state index contributed by atoms with van der Waals surface area (Å²) >= 11 is 0. The van der Waals surface area contributed by atoms with Crippen LogP contribution in [-0.2, 0) is 37.4 Å². The third-order valence-corrected chi connectivity index (χ3v) is 22.9. The molecule has 0 spiro atoms. The van der Waals surface area contributed by atoms with Crippen LogP contribution in [0.1, 0.15) is 142 Å². The first-order valence-corrected chi connectivity index (χ1v) is 26.8. The molecule has 0 N–H and O–H groups in total. The van der Waals surface area contributed by atoms with Gasteiger partial charge in [0.15, 0.2) is 16.6 Å². The van der Waals surface area contributed by atoms with Gasteiger partial charge in [0.2, 0.25) is 6.29 Å². The van der Waals surface area contributed by atoms with E-state index in [1.165, 1.54) is 5.57 Å². The molecule has 8 nitrogen and oxygen atoms in total. The van der Waals surface area contributed by atoms with Crippen LogP contribution in [-0.4, -0.2) is 58.5 Å². The highest BCUT2D eigenvalue weighted by Crippen LogP contribution is 2.66. The zero-order valence-corrected chi connectivity index (χ0v) is 40.2. The fourth-order valence-electron chi connectivity index (χ4n) is 8.88. The molecule has 1 saturated carbocycles. The fourth-order valence-corrected chi connectivity index (χ4v) is 11.0. The van der Waals surface area contributed by atoms with E-state index in [0.29, 0.717) is 29.9 Å². The van der Waals surface area contributed by atoms with Crippen molar-refractivity contribution in [1.29, 1.82) is 0 Å². The Bertz CT molecular complexity index is 1530. The molecule has 0 bridgehead atoms. The Balaban J connectivity index is 1.84. The van der Waals surface area contributed by atoms with Crippen LogP contribution in [0.15, 0.2) is 35.1 Å². The van der Waals surface area contributed by atoms with Crippen molar-refractivity contribution in [2.45, 2.75) is 209 Å². The molecule has 0 aliphatic heterocycles. The molecule has 4 aliphatic rings. The average molecular weight is 803 g/mol. The molecule has 0 radical (unpaired) electrons. The van der Waals surface area contributed by atoms with Gasteiger partial charge in [0.1, 0.15) is 17.0 Å². The summed E-state index contributed by atoms with van der Waals surface area (Å²) in [5.74, 6) is 0.860. The summed E-state index contributed by atoms with van der Waals surface area (Å²) in [7, 11) is -5.03. The van der Waals surface area contributed by atoms with Gasteiger partial charge in [-0.05, 0) is 153 Å². The highest BCUT2D eigenvalue weighted by atomic mass is 28.4. The van der Waals surface area contributed by atoms with Crippen LogP contribution in [0.2, 0.25) is 36.3 Å². The van der Waals surface area contributed by atoms with Gasteiger partial charge in [-0.3, -0.25) is 0 Å². The van der Waals surface area contributed by atoms with Gasteiger partial charge in [0.25, 0.3) is 6.29 Å². The predicted octanol–water partition coefficient (Wildman–Crippen LogP) is 11.8. The lowest BCUT2D eigenvalue weighted by Gasteiger charge is -2.57. The Labute approximate surface area is 337 Å². The van der Waals surface area contributed by atoms with E-state index in [-0.39, 0.29) is 15.5 Å². The number of carbonyl (C=O) groups is 2. The van der Waals surface area contributed by atoms with Crippen LogP contribution >= 0.6 is 0 Å². The molecule has 0 amide bonds. The van der Waals surface area contributed by atoms with Gasteiger partial charge in [0, 0.05) is 5.41 Å². The highest BCUT2D eigenvalue weighted by Gasteiger charge is 2.59. The van der Waals surface area contributed by atoms with Gasteiger partial charge in [-0.1, -0.05) is 78.7 Å². The van der Waals surface area contributed by atoms with Crippen molar-refractivity contribution in [3.63, 3.8) is 0 Å².